The van der Waals surface area contributed by atoms with Gasteiger partial charge in [0.15, 0.2) is 5.43 Å². The monoisotopic (exact) mass is 277 g/mol. The van der Waals surface area contributed by atoms with Gasteiger partial charge in [-0.2, -0.15) is 0 Å². The first-order valence-corrected chi connectivity index (χ1v) is 7.18. The molecule has 0 spiro atoms. The van der Waals surface area contributed by atoms with Crippen LogP contribution in [0.1, 0.15) is 48.7 Å². The molecule has 1 aromatic heterocycles. The van der Waals surface area contributed by atoms with E-state index in [9.17, 15) is 9.59 Å². The smallest absolute Gasteiger partial charge is 0.257 e. The van der Waals surface area contributed by atoms with Crippen LogP contribution in [0.4, 0.5) is 0 Å². The Bertz CT molecular complexity index is 542. The third kappa shape index (κ3) is 3.10. The second-order valence-electron chi connectivity index (χ2n) is 6.02. The van der Waals surface area contributed by atoms with Crippen molar-refractivity contribution in [3.05, 3.63) is 33.7 Å². The number of rotatable bonds is 3. The van der Waals surface area contributed by atoms with Crippen molar-refractivity contribution in [2.24, 2.45) is 11.7 Å². The van der Waals surface area contributed by atoms with Crippen molar-refractivity contribution in [2.45, 2.75) is 45.1 Å². The van der Waals surface area contributed by atoms with Gasteiger partial charge in [-0.15, -0.1) is 0 Å². The van der Waals surface area contributed by atoms with Crippen LogP contribution in [0.15, 0.2) is 17.1 Å². The molecular formula is C15H23N3O2. The molecule has 1 amide bonds. The molecule has 20 heavy (non-hydrogen) atoms. The first-order valence-electron chi connectivity index (χ1n) is 7.18. The Morgan fingerprint density at radius 1 is 1.50 bits per heavy atom. The number of nitrogens with one attached hydrogen (secondary N) is 2. The van der Waals surface area contributed by atoms with E-state index in [1.165, 1.54) is 12.3 Å². The molecule has 1 heterocycles. The molecule has 0 radical (unpaired) electrons. The second-order valence-corrected chi connectivity index (χ2v) is 6.02. The highest BCUT2D eigenvalue weighted by molar-refractivity contribution is 5.94. The van der Waals surface area contributed by atoms with Gasteiger partial charge in [-0.3, -0.25) is 9.59 Å². The largest absolute Gasteiger partial charge is 0.364 e. The first-order chi connectivity index (χ1) is 9.46. The second kappa shape index (κ2) is 5.79. The molecule has 1 aliphatic carbocycles. The minimum absolute atomic E-state index is 0.155. The molecule has 0 unspecified atom stereocenters. The summed E-state index contributed by atoms with van der Waals surface area (Å²) < 4.78 is 0. The van der Waals surface area contributed by atoms with Crippen molar-refractivity contribution in [2.75, 3.05) is 6.54 Å². The van der Waals surface area contributed by atoms with Gasteiger partial charge in [-0.1, -0.05) is 6.92 Å². The van der Waals surface area contributed by atoms with Crippen LogP contribution in [-0.2, 0) is 0 Å². The van der Waals surface area contributed by atoms with Gasteiger partial charge in [0.05, 0.1) is 5.54 Å². The Balaban J connectivity index is 2.15. The van der Waals surface area contributed by atoms with E-state index >= 15 is 0 Å². The number of carbonyl (C=O) groups is 1. The van der Waals surface area contributed by atoms with Crippen LogP contribution in [0.25, 0.3) is 0 Å². The van der Waals surface area contributed by atoms with Crippen molar-refractivity contribution in [3.8, 4) is 0 Å². The number of amides is 1. The van der Waals surface area contributed by atoms with Crippen molar-refractivity contribution >= 4 is 5.91 Å². The molecule has 5 nitrogen and oxygen atoms in total. The molecular weight excluding hydrogens is 254 g/mol. The highest BCUT2D eigenvalue weighted by Crippen LogP contribution is 2.31. The van der Waals surface area contributed by atoms with Crippen molar-refractivity contribution in [3.63, 3.8) is 0 Å². The van der Waals surface area contributed by atoms with Crippen LogP contribution < -0.4 is 16.5 Å². The summed E-state index contributed by atoms with van der Waals surface area (Å²) in [5.41, 5.74) is 6.15. The Hall–Kier alpha value is -1.62. The highest BCUT2D eigenvalue weighted by atomic mass is 16.2. The molecule has 1 saturated carbocycles. The third-order valence-electron chi connectivity index (χ3n) is 4.30. The Labute approximate surface area is 119 Å². The molecule has 0 saturated heterocycles. The van der Waals surface area contributed by atoms with Gasteiger partial charge < -0.3 is 16.0 Å². The summed E-state index contributed by atoms with van der Waals surface area (Å²) in [5, 5.41) is 3.00. The van der Waals surface area contributed by atoms with Crippen molar-refractivity contribution in [1.82, 2.24) is 10.3 Å². The maximum absolute atomic E-state index is 12.3. The standard InChI is InChI=1S/C15H23N3O2/c1-10-3-5-15(9-16,6-4-10)18-14(20)12-8-17-11(2)7-13(12)19/h7-8,10H,3-6,9,16H2,1-2H3,(H,17,19)(H,18,20). The Morgan fingerprint density at radius 2 is 2.15 bits per heavy atom. The van der Waals surface area contributed by atoms with Gasteiger partial charge in [-0.05, 0) is 38.5 Å². The van der Waals surface area contributed by atoms with E-state index in [4.69, 9.17) is 5.73 Å². The van der Waals surface area contributed by atoms with Crippen LogP contribution >= 0.6 is 0 Å². The Morgan fingerprint density at radius 3 is 2.70 bits per heavy atom. The zero-order chi connectivity index (χ0) is 14.8. The molecule has 110 valence electrons. The minimum Gasteiger partial charge on any atom is -0.364 e. The molecule has 4 N–H and O–H groups in total. The number of aromatic amines is 1. The predicted molar refractivity (Wildman–Crippen MR) is 78.7 cm³/mol. The topological polar surface area (TPSA) is 88.0 Å². The fourth-order valence-corrected chi connectivity index (χ4v) is 2.75. The van der Waals surface area contributed by atoms with E-state index in [-0.39, 0.29) is 22.4 Å². The molecule has 1 aromatic rings. The summed E-state index contributed by atoms with van der Waals surface area (Å²) >= 11 is 0. The van der Waals surface area contributed by atoms with Gasteiger partial charge in [-0.25, -0.2) is 0 Å². The summed E-state index contributed by atoms with van der Waals surface area (Å²) in [7, 11) is 0. The predicted octanol–water partition coefficient (Wildman–Crippen LogP) is 1.32. The average Bonchev–Trinajstić information content (AvgIpc) is 2.41. The molecule has 2 rings (SSSR count). The molecule has 0 aliphatic heterocycles. The summed E-state index contributed by atoms with van der Waals surface area (Å²) in [6, 6.07) is 1.44. The summed E-state index contributed by atoms with van der Waals surface area (Å²) in [5.74, 6) is 0.348. The number of aryl methyl sites for hydroxylation is 1. The number of hydrogen-bond acceptors (Lipinski definition) is 3. The first kappa shape index (κ1) is 14.8. The fraction of sp³-hybridized carbons (Fsp3) is 0.600. The van der Waals surface area contributed by atoms with E-state index in [1.54, 1.807) is 6.92 Å². The molecule has 1 aliphatic rings. The molecule has 0 aromatic carbocycles. The van der Waals surface area contributed by atoms with Gasteiger partial charge >= 0.3 is 0 Å². The quantitative estimate of drug-likeness (QED) is 0.778. The van der Waals surface area contributed by atoms with Gasteiger partial charge in [0.25, 0.3) is 5.91 Å². The van der Waals surface area contributed by atoms with E-state index in [0.717, 1.165) is 31.4 Å². The number of H-pyrrole nitrogens is 1. The van der Waals surface area contributed by atoms with Gasteiger partial charge in [0, 0.05) is 24.5 Å². The molecule has 0 bridgehead atoms. The molecule has 5 heteroatoms. The Kier molecular flexibility index (Phi) is 4.28. The summed E-state index contributed by atoms with van der Waals surface area (Å²) in [6.07, 6.45) is 5.34. The normalized spacial score (nSPS) is 26.2. The minimum atomic E-state index is -0.360. The van der Waals surface area contributed by atoms with Gasteiger partial charge in [0.1, 0.15) is 5.56 Å². The third-order valence-corrected chi connectivity index (χ3v) is 4.30. The zero-order valence-corrected chi connectivity index (χ0v) is 12.2. The summed E-state index contributed by atoms with van der Waals surface area (Å²) in [4.78, 5) is 27.1. The molecule has 1 fully saturated rings. The van der Waals surface area contributed by atoms with Crippen LogP contribution in [0.3, 0.4) is 0 Å². The number of nitrogens with two attached hydrogens (primary N) is 1. The zero-order valence-electron chi connectivity index (χ0n) is 12.2. The summed E-state index contributed by atoms with van der Waals surface area (Å²) in [6.45, 7) is 4.41. The fourth-order valence-electron chi connectivity index (χ4n) is 2.75. The lowest BCUT2D eigenvalue weighted by molar-refractivity contribution is 0.0858. The maximum Gasteiger partial charge on any atom is 0.257 e. The van der Waals surface area contributed by atoms with Gasteiger partial charge in [0.2, 0.25) is 0 Å². The SMILES string of the molecule is Cc1cc(=O)c(C(=O)NC2(CN)CCC(C)CC2)c[nH]1. The van der Waals surface area contributed by atoms with Crippen LogP contribution in [0, 0.1) is 12.8 Å². The van der Waals surface area contributed by atoms with Crippen molar-refractivity contribution < 1.29 is 4.79 Å². The van der Waals surface area contributed by atoms with Crippen LogP contribution in [0.5, 0.6) is 0 Å². The maximum atomic E-state index is 12.3. The molecule has 0 atom stereocenters. The van der Waals surface area contributed by atoms with Crippen molar-refractivity contribution in [1.29, 1.82) is 0 Å². The van der Waals surface area contributed by atoms with E-state index in [2.05, 4.69) is 17.2 Å². The number of carbonyl (C=O) groups excluding carboxylic acids is 1. The number of aromatic nitrogens is 1. The average molecular weight is 277 g/mol. The van der Waals surface area contributed by atoms with Crippen LogP contribution in [0.2, 0.25) is 0 Å². The van der Waals surface area contributed by atoms with E-state index in [0.29, 0.717) is 12.5 Å². The van der Waals surface area contributed by atoms with Crippen LogP contribution in [-0.4, -0.2) is 23.0 Å². The lowest BCUT2D eigenvalue weighted by atomic mass is 9.77. The lowest BCUT2D eigenvalue weighted by Gasteiger charge is -2.39. The van der Waals surface area contributed by atoms with E-state index in [1.807, 2.05) is 0 Å². The number of pyridine rings is 1. The lowest BCUT2D eigenvalue weighted by Crippen LogP contribution is -2.56. The van der Waals surface area contributed by atoms with E-state index < -0.39 is 0 Å². The number of hydrogen-bond donors (Lipinski definition) is 3. The highest BCUT2D eigenvalue weighted by Gasteiger charge is 2.34.